The van der Waals surface area contributed by atoms with E-state index in [0.29, 0.717) is 0 Å². The Morgan fingerprint density at radius 3 is 3.06 bits per heavy atom. The fourth-order valence-corrected chi connectivity index (χ4v) is 2.54. The molecule has 100 valence electrons. The zero-order valence-corrected chi connectivity index (χ0v) is 11.1. The number of rotatable bonds is 4. The van der Waals surface area contributed by atoms with E-state index in [0.717, 1.165) is 32.4 Å². The standard InChI is InChI=1S/C13H21N3O2/c1-15-10-11(9-14-15)6-8-16-7-4-3-5-12(16)13(17)18-2/h9-10,12H,3-8H2,1-2H3. The molecule has 0 saturated carbocycles. The second kappa shape index (κ2) is 6.00. The number of ether oxygens (including phenoxy) is 1. The van der Waals surface area contributed by atoms with E-state index in [2.05, 4.69) is 10.00 Å². The molecule has 5 nitrogen and oxygen atoms in total. The van der Waals surface area contributed by atoms with Gasteiger partial charge in [0.05, 0.1) is 13.3 Å². The SMILES string of the molecule is COC(=O)C1CCCCN1CCc1cnn(C)c1. The van der Waals surface area contributed by atoms with Gasteiger partial charge in [0.15, 0.2) is 0 Å². The van der Waals surface area contributed by atoms with Gasteiger partial charge in [-0.3, -0.25) is 14.4 Å². The Kier molecular flexibility index (Phi) is 4.36. The number of methoxy groups -OCH3 is 1. The highest BCUT2D eigenvalue weighted by molar-refractivity contribution is 5.75. The van der Waals surface area contributed by atoms with E-state index in [1.807, 2.05) is 24.1 Å². The van der Waals surface area contributed by atoms with Gasteiger partial charge in [-0.25, -0.2) is 0 Å². The Morgan fingerprint density at radius 2 is 2.39 bits per heavy atom. The number of likely N-dealkylation sites (tertiary alicyclic amines) is 1. The molecule has 1 unspecified atom stereocenters. The van der Waals surface area contributed by atoms with Crippen LogP contribution in [-0.4, -0.2) is 46.9 Å². The number of nitrogens with zero attached hydrogens (tertiary/aromatic N) is 3. The Balaban J connectivity index is 1.91. The monoisotopic (exact) mass is 251 g/mol. The number of aromatic nitrogens is 2. The summed E-state index contributed by atoms with van der Waals surface area (Å²) in [6.07, 6.45) is 8.04. The second-order valence-corrected chi connectivity index (χ2v) is 4.84. The Labute approximate surface area is 108 Å². The number of carbonyl (C=O) groups excluding carboxylic acids is 1. The Hall–Kier alpha value is -1.36. The van der Waals surface area contributed by atoms with Gasteiger partial charge in [0.1, 0.15) is 6.04 Å². The van der Waals surface area contributed by atoms with Crippen molar-refractivity contribution in [3.8, 4) is 0 Å². The summed E-state index contributed by atoms with van der Waals surface area (Å²) in [7, 11) is 3.39. The van der Waals surface area contributed by atoms with Crippen molar-refractivity contribution in [2.75, 3.05) is 20.2 Å². The summed E-state index contributed by atoms with van der Waals surface area (Å²) >= 11 is 0. The average molecular weight is 251 g/mol. The van der Waals surface area contributed by atoms with Crippen LogP contribution in [0.4, 0.5) is 0 Å². The van der Waals surface area contributed by atoms with Gasteiger partial charge >= 0.3 is 5.97 Å². The molecule has 18 heavy (non-hydrogen) atoms. The molecule has 0 N–H and O–H groups in total. The summed E-state index contributed by atoms with van der Waals surface area (Å²) < 4.78 is 6.69. The molecule has 0 amide bonds. The van der Waals surface area contributed by atoms with Crippen LogP contribution in [0, 0.1) is 0 Å². The fraction of sp³-hybridized carbons (Fsp3) is 0.692. The summed E-state index contributed by atoms with van der Waals surface area (Å²) in [6, 6.07) is -0.0552. The maximum atomic E-state index is 11.7. The number of esters is 1. The van der Waals surface area contributed by atoms with E-state index in [1.165, 1.54) is 19.1 Å². The van der Waals surface area contributed by atoms with Gasteiger partial charge in [-0.15, -0.1) is 0 Å². The average Bonchev–Trinajstić information content (AvgIpc) is 2.81. The molecule has 1 aliphatic rings. The largest absolute Gasteiger partial charge is 0.468 e. The van der Waals surface area contributed by atoms with Crippen molar-refractivity contribution in [3.63, 3.8) is 0 Å². The van der Waals surface area contributed by atoms with Gasteiger partial charge in [-0.1, -0.05) is 6.42 Å². The van der Waals surface area contributed by atoms with E-state index in [9.17, 15) is 4.79 Å². The minimum absolute atomic E-state index is 0.0552. The molecule has 0 bridgehead atoms. The lowest BCUT2D eigenvalue weighted by molar-refractivity contribution is -0.148. The van der Waals surface area contributed by atoms with Crippen LogP contribution in [-0.2, 0) is 23.0 Å². The molecule has 0 aromatic carbocycles. The molecule has 1 saturated heterocycles. The summed E-state index contributed by atoms with van der Waals surface area (Å²) in [6.45, 7) is 1.88. The fourth-order valence-electron chi connectivity index (χ4n) is 2.54. The van der Waals surface area contributed by atoms with Gasteiger partial charge in [-0.05, 0) is 31.4 Å². The molecule has 0 aliphatic carbocycles. The maximum absolute atomic E-state index is 11.7. The minimum Gasteiger partial charge on any atom is -0.468 e. The first kappa shape index (κ1) is 13.1. The van der Waals surface area contributed by atoms with E-state index >= 15 is 0 Å². The molecule has 2 heterocycles. The Morgan fingerprint density at radius 1 is 1.56 bits per heavy atom. The minimum atomic E-state index is -0.0964. The Bertz CT molecular complexity index is 403. The van der Waals surface area contributed by atoms with Gasteiger partial charge in [0, 0.05) is 19.8 Å². The van der Waals surface area contributed by atoms with Crippen molar-refractivity contribution in [1.82, 2.24) is 14.7 Å². The molecular formula is C13H21N3O2. The third kappa shape index (κ3) is 3.10. The van der Waals surface area contributed by atoms with Crippen LogP contribution < -0.4 is 0 Å². The molecule has 1 fully saturated rings. The first-order valence-electron chi connectivity index (χ1n) is 6.50. The third-order valence-corrected chi connectivity index (χ3v) is 3.53. The molecule has 1 aromatic rings. The van der Waals surface area contributed by atoms with Crippen molar-refractivity contribution in [3.05, 3.63) is 18.0 Å². The molecule has 2 rings (SSSR count). The zero-order chi connectivity index (χ0) is 13.0. The van der Waals surface area contributed by atoms with E-state index in [1.54, 1.807) is 0 Å². The molecular weight excluding hydrogens is 230 g/mol. The summed E-state index contributed by atoms with van der Waals surface area (Å²) in [5.41, 5.74) is 1.21. The van der Waals surface area contributed by atoms with E-state index in [-0.39, 0.29) is 12.0 Å². The van der Waals surface area contributed by atoms with Crippen molar-refractivity contribution in [1.29, 1.82) is 0 Å². The van der Waals surface area contributed by atoms with E-state index in [4.69, 9.17) is 4.74 Å². The number of piperidine rings is 1. The van der Waals surface area contributed by atoms with Crippen molar-refractivity contribution < 1.29 is 9.53 Å². The molecule has 1 aromatic heterocycles. The van der Waals surface area contributed by atoms with E-state index < -0.39 is 0 Å². The molecule has 1 aliphatic heterocycles. The second-order valence-electron chi connectivity index (χ2n) is 4.84. The molecule has 0 spiro atoms. The van der Waals surface area contributed by atoms with Crippen LogP contribution in [0.15, 0.2) is 12.4 Å². The normalized spacial score (nSPS) is 20.9. The number of hydrogen-bond donors (Lipinski definition) is 0. The van der Waals surface area contributed by atoms with Crippen LogP contribution >= 0.6 is 0 Å². The molecule has 0 radical (unpaired) electrons. The highest BCUT2D eigenvalue weighted by Gasteiger charge is 2.28. The van der Waals surface area contributed by atoms with Crippen LogP contribution in [0.25, 0.3) is 0 Å². The number of carbonyl (C=O) groups is 1. The van der Waals surface area contributed by atoms with Crippen LogP contribution in [0.1, 0.15) is 24.8 Å². The van der Waals surface area contributed by atoms with Crippen molar-refractivity contribution in [2.24, 2.45) is 7.05 Å². The lowest BCUT2D eigenvalue weighted by Gasteiger charge is -2.33. The highest BCUT2D eigenvalue weighted by atomic mass is 16.5. The first-order valence-corrected chi connectivity index (χ1v) is 6.50. The van der Waals surface area contributed by atoms with Crippen molar-refractivity contribution >= 4 is 5.97 Å². The van der Waals surface area contributed by atoms with Gasteiger partial charge < -0.3 is 4.74 Å². The van der Waals surface area contributed by atoms with Gasteiger partial charge in [0.2, 0.25) is 0 Å². The predicted octanol–water partition coefficient (Wildman–Crippen LogP) is 0.990. The lowest BCUT2D eigenvalue weighted by atomic mass is 10.0. The molecule has 5 heteroatoms. The lowest BCUT2D eigenvalue weighted by Crippen LogP contribution is -2.46. The number of aryl methyl sites for hydroxylation is 1. The van der Waals surface area contributed by atoms with Crippen LogP contribution in [0.3, 0.4) is 0 Å². The highest BCUT2D eigenvalue weighted by Crippen LogP contribution is 2.18. The van der Waals surface area contributed by atoms with Crippen LogP contribution in [0.5, 0.6) is 0 Å². The summed E-state index contributed by atoms with van der Waals surface area (Å²) in [5.74, 6) is -0.0964. The summed E-state index contributed by atoms with van der Waals surface area (Å²) in [4.78, 5) is 14.0. The number of hydrogen-bond acceptors (Lipinski definition) is 4. The quantitative estimate of drug-likeness (QED) is 0.749. The smallest absolute Gasteiger partial charge is 0.323 e. The predicted molar refractivity (Wildman–Crippen MR) is 68.1 cm³/mol. The first-order chi connectivity index (χ1) is 8.70. The van der Waals surface area contributed by atoms with Gasteiger partial charge in [0.25, 0.3) is 0 Å². The van der Waals surface area contributed by atoms with Gasteiger partial charge in [-0.2, -0.15) is 5.10 Å². The topological polar surface area (TPSA) is 47.4 Å². The third-order valence-electron chi connectivity index (χ3n) is 3.53. The summed E-state index contributed by atoms with van der Waals surface area (Å²) in [5, 5.41) is 4.16. The van der Waals surface area contributed by atoms with Crippen molar-refractivity contribution in [2.45, 2.75) is 31.7 Å². The van der Waals surface area contributed by atoms with Crippen LogP contribution in [0.2, 0.25) is 0 Å². The zero-order valence-electron chi connectivity index (χ0n) is 11.1. The molecule has 1 atom stereocenters. The maximum Gasteiger partial charge on any atom is 0.323 e.